The topological polar surface area (TPSA) is 131 Å². The third kappa shape index (κ3) is 5.38. The molecule has 0 spiro atoms. The Morgan fingerprint density at radius 2 is 1.57 bits per heavy atom. The summed E-state index contributed by atoms with van der Waals surface area (Å²) < 4.78 is 45.0. The van der Waals surface area contributed by atoms with Crippen molar-refractivity contribution in [3.05, 3.63) is 59.7 Å². The summed E-state index contributed by atoms with van der Waals surface area (Å²) in [6.45, 7) is 2.16. The number of carbonyl (C=O) groups is 1. The van der Waals surface area contributed by atoms with Crippen molar-refractivity contribution in [3.8, 4) is 17.2 Å². The van der Waals surface area contributed by atoms with Gasteiger partial charge in [0.2, 0.25) is 20.2 Å². The smallest absolute Gasteiger partial charge is 0.283 e. The molecule has 0 unspecified atom stereocenters. The maximum absolute atomic E-state index is 12.5. The molecular formula is C23H22N4O6S2. The molecule has 12 heteroatoms. The van der Waals surface area contributed by atoms with Crippen molar-refractivity contribution in [3.63, 3.8) is 0 Å². The van der Waals surface area contributed by atoms with E-state index in [0.717, 1.165) is 22.6 Å². The predicted octanol–water partition coefficient (Wildman–Crippen LogP) is 3.16. The summed E-state index contributed by atoms with van der Waals surface area (Å²) in [6, 6.07) is 14.1. The van der Waals surface area contributed by atoms with Crippen LogP contribution in [0.3, 0.4) is 0 Å². The van der Waals surface area contributed by atoms with Gasteiger partial charge in [-0.05, 0) is 48.0 Å². The third-order valence-electron chi connectivity index (χ3n) is 5.02. The van der Waals surface area contributed by atoms with Gasteiger partial charge in [-0.25, -0.2) is 13.3 Å². The van der Waals surface area contributed by atoms with E-state index in [1.807, 2.05) is 24.3 Å². The highest BCUT2D eigenvalue weighted by molar-refractivity contribution is 8.16. The van der Waals surface area contributed by atoms with Gasteiger partial charge in [0.05, 0.1) is 30.4 Å². The minimum absolute atomic E-state index is 0.0307. The van der Waals surface area contributed by atoms with E-state index in [9.17, 15) is 13.2 Å². The first-order chi connectivity index (χ1) is 16.8. The number of methoxy groups -OCH3 is 1. The minimum atomic E-state index is -3.69. The van der Waals surface area contributed by atoms with Gasteiger partial charge in [-0.15, -0.1) is 0 Å². The number of hydrogen-bond acceptors (Lipinski definition) is 9. The molecule has 1 amide bonds. The van der Waals surface area contributed by atoms with Crippen LogP contribution in [-0.2, 0) is 14.6 Å². The second-order valence-corrected chi connectivity index (χ2v) is 10.2. The van der Waals surface area contributed by atoms with Crippen molar-refractivity contribution in [2.24, 2.45) is 9.39 Å². The first-order valence-electron chi connectivity index (χ1n) is 10.5. The van der Waals surface area contributed by atoms with Crippen LogP contribution in [0.25, 0.3) is 6.08 Å². The zero-order valence-electron chi connectivity index (χ0n) is 18.9. The fourth-order valence-corrected chi connectivity index (χ4v) is 5.11. The summed E-state index contributed by atoms with van der Waals surface area (Å²) in [7, 11) is -2.09. The largest absolute Gasteiger partial charge is 0.497 e. The molecule has 2 aromatic rings. The molecule has 0 atom stereocenters. The average Bonchev–Trinajstić information content (AvgIpc) is 3.30. The van der Waals surface area contributed by atoms with E-state index in [1.165, 1.54) is 13.0 Å². The molecule has 1 N–H and O–H groups in total. The number of ether oxygens (including phenoxy) is 3. The van der Waals surface area contributed by atoms with Crippen molar-refractivity contribution in [1.82, 2.24) is 4.90 Å². The first kappa shape index (κ1) is 24.5. The molecule has 0 radical (unpaired) electrons. The number of nitrogens with zero attached hydrogens (tertiary/aromatic N) is 3. The fourth-order valence-electron chi connectivity index (χ4n) is 3.15. The van der Waals surface area contributed by atoms with Gasteiger partial charge >= 0.3 is 0 Å². The van der Waals surface area contributed by atoms with Crippen molar-refractivity contribution in [2.45, 2.75) is 6.92 Å². The van der Waals surface area contributed by atoms with Crippen molar-refractivity contribution >= 4 is 49.9 Å². The number of hydrogen-bond donors (Lipinski definition) is 1. The summed E-state index contributed by atoms with van der Waals surface area (Å²) in [5.74, 6) is 0.975. The quantitative estimate of drug-likeness (QED) is 0.323. The third-order valence-corrected chi connectivity index (χ3v) is 7.43. The molecular weight excluding hydrogens is 492 g/mol. The summed E-state index contributed by atoms with van der Waals surface area (Å²) in [4.78, 5) is 17.5. The Kier molecular flexibility index (Phi) is 7.22. The van der Waals surface area contributed by atoms with Gasteiger partial charge in [0.25, 0.3) is 5.91 Å². The number of sulfone groups is 1. The molecule has 2 heterocycles. The lowest BCUT2D eigenvalue weighted by Crippen LogP contribution is -2.45. The number of benzene rings is 2. The number of amidine groups is 3. The molecule has 4 rings (SSSR count). The van der Waals surface area contributed by atoms with E-state index in [-0.39, 0.29) is 27.5 Å². The van der Waals surface area contributed by atoms with Gasteiger partial charge in [-0.3, -0.25) is 10.2 Å². The van der Waals surface area contributed by atoms with Crippen LogP contribution in [0, 0.1) is 5.41 Å². The molecule has 0 aliphatic carbocycles. The van der Waals surface area contributed by atoms with Crippen LogP contribution in [-0.4, -0.2) is 61.5 Å². The highest BCUT2D eigenvalue weighted by Gasteiger charge is 2.42. The minimum Gasteiger partial charge on any atom is -0.497 e. The standard InChI is InChI=1S/C23H22N4O6S2/c1-3-35(29,30)23-26-34-22-25-21(28)19(20(24)27(22)23)14-15-4-6-17(7-5-15)32-12-13-33-18-10-8-16(31-2)9-11-18/h4-11,14,24H,3,12-13H2,1-2H3. The van der Waals surface area contributed by atoms with Crippen LogP contribution >= 0.6 is 11.9 Å². The van der Waals surface area contributed by atoms with E-state index in [2.05, 4.69) is 9.39 Å². The number of nitrogens with one attached hydrogen (secondary N) is 1. The SMILES string of the molecule is CCS(=O)(=O)C1=NSC2=NC(=O)C(=Cc3ccc(OCCOc4ccc(OC)cc4)cc3)C(=N)N21. The lowest BCUT2D eigenvalue weighted by atomic mass is 10.1. The Morgan fingerprint density at radius 3 is 2.14 bits per heavy atom. The summed E-state index contributed by atoms with van der Waals surface area (Å²) in [5, 5.41) is 8.21. The highest BCUT2D eigenvalue weighted by Crippen LogP contribution is 2.30. The van der Waals surface area contributed by atoms with Gasteiger partial charge in [0.15, 0.2) is 0 Å². The Labute approximate surface area is 206 Å². The van der Waals surface area contributed by atoms with Crippen LogP contribution < -0.4 is 14.2 Å². The molecule has 182 valence electrons. The Morgan fingerprint density at radius 1 is 1.00 bits per heavy atom. The number of fused-ring (bicyclic) bond motifs is 1. The monoisotopic (exact) mass is 514 g/mol. The number of amides is 1. The van der Waals surface area contributed by atoms with Gasteiger partial charge in [0.1, 0.15) is 36.3 Å². The van der Waals surface area contributed by atoms with Crippen molar-refractivity contribution in [2.75, 3.05) is 26.1 Å². The van der Waals surface area contributed by atoms with Gasteiger partial charge in [-0.1, -0.05) is 19.1 Å². The van der Waals surface area contributed by atoms with Crippen molar-refractivity contribution < 1.29 is 27.4 Å². The molecule has 0 fully saturated rings. The van der Waals surface area contributed by atoms with Crippen LogP contribution in [0.5, 0.6) is 17.2 Å². The molecule has 0 bridgehead atoms. The fraction of sp³-hybridized carbons (Fsp3) is 0.217. The van der Waals surface area contributed by atoms with Crippen LogP contribution in [0.1, 0.15) is 12.5 Å². The molecule has 35 heavy (non-hydrogen) atoms. The van der Waals surface area contributed by atoms with E-state index in [1.54, 1.807) is 31.4 Å². The first-order valence-corrected chi connectivity index (χ1v) is 13.0. The Balaban J connectivity index is 1.38. The van der Waals surface area contributed by atoms with E-state index >= 15 is 0 Å². The number of carbonyl (C=O) groups excluding carboxylic acids is 1. The number of aliphatic imine (C=N–C) groups is 1. The maximum Gasteiger partial charge on any atom is 0.283 e. The van der Waals surface area contributed by atoms with Gasteiger partial charge < -0.3 is 14.2 Å². The Bertz CT molecular complexity index is 1330. The summed E-state index contributed by atoms with van der Waals surface area (Å²) in [5.41, 5.74) is 0.596. The average molecular weight is 515 g/mol. The molecule has 2 aliphatic heterocycles. The second kappa shape index (κ2) is 10.3. The summed E-state index contributed by atoms with van der Waals surface area (Å²) in [6.07, 6.45) is 1.49. The maximum atomic E-state index is 12.5. The number of rotatable bonds is 8. The van der Waals surface area contributed by atoms with Crippen LogP contribution in [0.2, 0.25) is 0 Å². The molecule has 2 aromatic carbocycles. The predicted molar refractivity (Wildman–Crippen MR) is 135 cm³/mol. The van der Waals surface area contributed by atoms with Gasteiger partial charge in [-0.2, -0.15) is 9.39 Å². The molecule has 0 saturated carbocycles. The molecule has 0 saturated heterocycles. The van der Waals surface area contributed by atoms with Crippen LogP contribution in [0.15, 0.2) is 63.5 Å². The zero-order chi connectivity index (χ0) is 25.0. The lowest BCUT2D eigenvalue weighted by molar-refractivity contribution is -0.114. The summed E-state index contributed by atoms with van der Waals surface area (Å²) >= 11 is 0.767. The van der Waals surface area contributed by atoms with Gasteiger partial charge in [0, 0.05) is 0 Å². The molecule has 2 aliphatic rings. The van der Waals surface area contributed by atoms with Crippen LogP contribution in [0.4, 0.5) is 0 Å². The normalized spacial score (nSPS) is 16.6. The molecule has 0 aromatic heterocycles. The highest BCUT2D eigenvalue weighted by atomic mass is 32.2. The lowest BCUT2D eigenvalue weighted by Gasteiger charge is -2.24. The van der Waals surface area contributed by atoms with E-state index in [4.69, 9.17) is 19.6 Å². The zero-order valence-corrected chi connectivity index (χ0v) is 20.6. The Hall–Kier alpha value is -3.64. The molecule has 10 nitrogen and oxygen atoms in total. The van der Waals surface area contributed by atoms with E-state index in [0.29, 0.717) is 30.3 Å². The second-order valence-electron chi connectivity index (χ2n) is 7.25. The van der Waals surface area contributed by atoms with Crippen molar-refractivity contribution in [1.29, 1.82) is 5.41 Å². The van der Waals surface area contributed by atoms with E-state index < -0.39 is 15.7 Å².